The Bertz CT molecular complexity index is 690. The summed E-state index contributed by atoms with van der Waals surface area (Å²) in [5, 5.41) is 6.03. The maximum absolute atomic E-state index is 12.5. The van der Waals surface area contributed by atoms with Gasteiger partial charge in [0.15, 0.2) is 0 Å². The van der Waals surface area contributed by atoms with Gasteiger partial charge in [0.05, 0.1) is 12.7 Å². The smallest absolute Gasteiger partial charge is 0.337 e. The number of anilines is 1. The quantitative estimate of drug-likeness (QED) is 0.777. The lowest BCUT2D eigenvalue weighted by Crippen LogP contribution is -2.49. The zero-order valence-electron chi connectivity index (χ0n) is 16.4. The number of nitrogens with one attached hydrogen (secondary N) is 2. The number of urea groups is 1. The van der Waals surface area contributed by atoms with Crippen LogP contribution in [-0.4, -0.2) is 49.0 Å². The van der Waals surface area contributed by atoms with Gasteiger partial charge in [0.1, 0.15) is 0 Å². The highest BCUT2D eigenvalue weighted by Gasteiger charge is 2.27. The molecule has 7 nitrogen and oxygen atoms in total. The van der Waals surface area contributed by atoms with Crippen molar-refractivity contribution in [2.45, 2.75) is 51.0 Å². The fraction of sp³-hybridized carbons (Fsp3) is 0.571. The van der Waals surface area contributed by atoms with Gasteiger partial charge in [-0.25, -0.2) is 9.59 Å². The molecule has 0 spiro atoms. The van der Waals surface area contributed by atoms with Crippen LogP contribution in [0.4, 0.5) is 10.5 Å². The largest absolute Gasteiger partial charge is 0.465 e. The Morgan fingerprint density at radius 3 is 2.21 bits per heavy atom. The maximum Gasteiger partial charge on any atom is 0.337 e. The first-order valence-corrected chi connectivity index (χ1v) is 10.1. The van der Waals surface area contributed by atoms with E-state index < -0.39 is 5.97 Å². The second-order valence-electron chi connectivity index (χ2n) is 7.60. The van der Waals surface area contributed by atoms with Crippen molar-refractivity contribution in [3.8, 4) is 0 Å². The van der Waals surface area contributed by atoms with E-state index >= 15 is 0 Å². The number of likely N-dealkylation sites (tertiary alicyclic amines) is 1. The van der Waals surface area contributed by atoms with Crippen molar-refractivity contribution < 1.29 is 19.1 Å². The normalized spacial score (nSPS) is 18.4. The Labute approximate surface area is 165 Å². The van der Waals surface area contributed by atoms with E-state index in [1.54, 1.807) is 29.2 Å². The van der Waals surface area contributed by atoms with Gasteiger partial charge in [0, 0.05) is 30.7 Å². The van der Waals surface area contributed by atoms with Crippen molar-refractivity contribution in [2.75, 3.05) is 25.5 Å². The van der Waals surface area contributed by atoms with Crippen molar-refractivity contribution in [3.05, 3.63) is 29.8 Å². The molecule has 0 atom stereocenters. The van der Waals surface area contributed by atoms with Crippen LogP contribution in [0.1, 0.15) is 55.3 Å². The third kappa shape index (κ3) is 5.24. The predicted octanol–water partition coefficient (Wildman–Crippen LogP) is 3.17. The molecular weight excluding hydrogens is 358 g/mol. The fourth-order valence-corrected chi connectivity index (χ4v) is 3.92. The van der Waals surface area contributed by atoms with Crippen LogP contribution in [0.15, 0.2) is 24.3 Å². The Hall–Kier alpha value is -2.57. The molecule has 3 rings (SSSR count). The number of methoxy groups -OCH3 is 1. The van der Waals surface area contributed by atoms with E-state index in [2.05, 4.69) is 15.4 Å². The number of nitrogens with zero attached hydrogens (tertiary/aromatic N) is 1. The number of benzene rings is 1. The second-order valence-corrected chi connectivity index (χ2v) is 7.60. The van der Waals surface area contributed by atoms with Crippen LogP contribution in [0.2, 0.25) is 0 Å². The van der Waals surface area contributed by atoms with Gasteiger partial charge in [-0.1, -0.05) is 19.3 Å². The molecule has 7 heteroatoms. The number of carbonyl (C=O) groups is 3. The van der Waals surface area contributed by atoms with Gasteiger partial charge in [0.25, 0.3) is 0 Å². The molecule has 152 valence electrons. The number of amides is 3. The molecule has 1 saturated carbocycles. The molecule has 0 unspecified atom stereocenters. The van der Waals surface area contributed by atoms with E-state index in [4.69, 9.17) is 0 Å². The lowest BCUT2D eigenvalue weighted by atomic mass is 9.88. The molecule has 1 aromatic rings. The summed E-state index contributed by atoms with van der Waals surface area (Å²) in [5.74, 6) is -0.0495. The van der Waals surface area contributed by atoms with Crippen molar-refractivity contribution >= 4 is 23.6 Å². The fourth-order valence-electron chi connectivity index (χ4n) is 3.92. The number of esters is 1. The van der Waals surface area contributed by atoms with E-state index in [1.807, 2.05) is 0 Å². The molecule has 3 amide bonds. The molecule has 0 radical (unpaired) electrons. The van der Waals surface area contributed by atoms with E-state index in [0.29, 0.717) is 24.3 Å². The van der Waals surface area contributed by atoms with Gasteiger partial charge in [0.2, 0.25) is 5.91 Å². The molecule has 2 N–H and O–H groups in total. The standard InChI is InChI=1S/C21H29N3O4/c1-28-20(26)16-7-9-17(10-8-16)23-21(27)24-13-11-18(12-14-24)22-19(25)15-5-3-2-4-6-15/h7-10,15,18H,2-6,11-14H2,1H3,(H,22,25)(H,23,27). The maximum atomic E-state index is 12.5. The van der Waals surface area contributed by atoms with Crippen LogP contribution in [0.5, 0.6) is 0 Å². The number of carbonyl (C=O) groups excluding carboxylic acids is 3. The van der Waals surface area contributed by atoms with E-state index in [0.717, 1.165) is 38.5 Å². The zero-order chi connectivity index (χ0) is 19.9. The summed E-state index contributed by atoms with van der Waals surface area (Å²) in [6, 6.07) is 6.59. The van der Waals surface area contributed by atoms with Crippen molar-refractivity contribution in [2.24, 2.45) is 5.92 Å². The molecule has 1 aromatic carbocycles. The van der Waals surface area contributed by atoms with Crippen LogP contribution in [0, 0.1) is 5.92 Å². The summed E-state index contributed by atoms with van der Waals surface area (Å²) in [7, 11) is 1.33. The van der Waals surface area contributed by atoms with Crippen LogP contribution in [0.3, 0.4) is 0 Å². The minimum atomic E-state index is -0.407. The highest BCUT2D eigenvalue weighted by molar-refractivity contribution is 5.92. The van der Waals surface area contributed by atoms with Crippen molar-refractivity contribution in [3.63, 3.8) is 0 Å². The highest BCUT2D eigenvalue weighted by Crippen LogP contribution is 2.24. The van der Waals surface area contributed by atoms with Crippen molar-refractivity contribution in [1.82, 2.24) is 10.2 Å². The first kappa shape index (κ1) is 20.2. The summed E-state index contributed by atoms with van der Waals surface area (Å²) >= 11 is 0. The molecule has 28 heavy (non-hydrogen) atoms. The van der Waals surface area contributed by atoms with Crippen LogP contribution >= 0.6 is 0 Å². The molecule has 0 aromatic heterocycles. The lowest BCUT2D eigenvalue weighted by Gasteiger charge is -2.33. The van der Waals surface area contributed by atoms with Crippen LogP contribution in [0.25, 0.3) is 0 Å². The van der Waals surface area contributed by atoms with Gasteiger partial charge in [-0.2, -0.15) is 0 Å². The third-order valence-corrected chi connectivity index (χ3v) is 5.66. The van der Waals surface area contributed by atoms with Gasteiger partial charge in [-0.15, -0.1) is 0 Å². The minimum absolute atomic E-state index is 0.151. The Morgan fingerprint density at radius 1 is 0.964 bits per heavy atom. The molecule has 1 saturated heterocycles. The number of hydrogen-bond acceptors (Lipinski definition) is 4. The third-order valence-electron chi connectivity index (χ3n) is 5.66. The van der Waals surface area contributed by atoms with Gasteiger partial charge in [-0.3, -0.25) is 4.79 Å². The second kappa shape index (κ2) is 9.57. The summed E-state index contributed by atoms with van der Waals surface area (Å²) in [6.45, 7) is 1.23. The zero-order valence-corrected chi connectivity index (χ0v) is 16.4. The first-order chi connectivity index (χ1) is 13.6. The summed E-state index contributed by atoms with van der Waals surface area (Å²) < 4.78 is 4.66. The molecule has 1 heterocycles. The van der Waals surface area contributed by atoms with Crippen LogP contribution in [-0.2, 0) is 9.53 Å². The van der Waals surface area contributed by atoms with E-state index in [9.17, 15) is 14.4 Å². The van der Waals surface area contributed by atoms with Gasteiger partial charge < -0.3 is 20.3 Å². The van der Waals surface area contributed by atoms with Crippen molar-refractivity contribution in [1.29, 1.82) is 0 Å². The average Bonchev–Trinajstić information content (AvgIpc) is 2.74. The Balaban J connectivity index is 1.43. The number of ether oxygens (including phenoxy) is 1. The molecule has 0 bridgehead atoms. The number of hydrogen-bond donors (Lipinski definition) is 2. The van der Waals surface area contributed by atoms with E-state index in [1.165, 1.54) is 13.5 Å². The molecular formula is C21H29N3O4. The molecule has 1 aliphatic carbocycles. The summed E-state index contributed by atoms with van der Waals surface area (Å²) in [4.78, 5) is 38.1. The van der Waals surface area contributed by atoms with Crippen LogP contribution < -0.4 is 10.6 Å². The Kier molecular flexibility index (Phi) is 6.90. The van der Waals surface area contributed by atoms with E-state index in [-0.39, 0.29) is 23.9 Å². The topological polar surface area (TPSA) is 87.7 Å². The first-order valence-electron chi connectivity index (χ1n) is 10.1. The SMILES string of the molecule is COC(=O)c1ccc(NC(=O)N2CCC(NC(=O)C3CCCCC3)CC2)cc1. The lowest BCUT2D eigenvalue weighted by molar-refractivity contribution is -0.126. The average molecular weight is 387 g/mol. The Morgan fingerprint density at radius 2 is 1.61 bits per heavy atom. The minimum Gasteiger partial charge on any atom is -0.465 e. The summed E-state index contributed by atoms with van der Waals surface area (Å²) in [5.41, 5.74) is 1.07. The number of rotatable bonds is 4. The molecule has 2 aliphatic rings. The predicted molar refractivity (Wildman–Crippen MR) is 106 cm³/mol. The van der Waals surface area contributed by atoms with Gasteiger partial charge in [-0.05, 0) is 49.9 Å². The monoisotopic (exact) mass is 387 g/mol. The summed E-state index contributed by atoms with van der Waals surface area (Å²) in [6.07, 6.45) is 7.08. The number of piperidine rings is 1. The van der Waals surface area contributed by atoms with Gasteiger partial charge >= 0.3 is 12.0 Å². The highest BCUT2D eigenvalue weighted by atomic mass is 16.5. The molecule has 2 fully saturated rings. The molecule has 1 aliphatic heterocycles.